The molecule has 1 fully saturated rings. The smallest absolute Gasteiger partial charge is 0.224 e. The van der Waals surface area contributed by atoms with Crippen LogP contribution in [0.3, 0.4) is 0 Å². The molecule has 76 valence electrons. The second kappa shape index (κ2) is 3.73. The molecule has 0 amide bonds. The van der Waals surface area contributed by atoms with Crippen LogP contribution in [0.15, 0.2) is 6.07 Å². The number of nitrogens with one attached hydrogen (secondary N) is 1. The molecular weight excluding hydrogens is 198 g/mol. The van der Waals surface area contributed by atoms with Crippen LogP contribution in [0.1, 0.15) is 19.0 Å². The highest BCUT2D eigenvalue weighted by Gasteiger charge is 2.31. The van der Waals surface area contributed by atoms with E-state index in [2.05, 4.69) is 22.2 Å². The third-order valence-corrected chi connectivity index (χ3v) is 2.82. The van der Waals surface area contributed by atoms with E-state index in [-0.39, 0.29) is 0 Å². The van der Waals surface area contributed by atoms with Crippen molar-refractivity contribution >= 4 is 17.4 Å². The Bertz CT molecular complexity index is 320. The third-order valence-electron chi connectivity index (χ3n) is 2.65. The van der Waals surface area contributed by atoms with Gasteiger partial charge >= 0.3 is 0 Å². The molecule has 0 bridgehead atoms. The molecule has 2 atom stereocenters. The minimum absolute atomic E-state index is 0.316. The normalized spacial score (nSPS) is 24.8. The van der Waals surface area contributed by atoms with Crippen molar-refractivity contribution in [3.63, 3.8) is 0 Å². The van der Waals surface area contributed by atoms with E-state index in [9.17, 15) is 0 Å². The van der Waals surface area contributed by atoms with Gasteiger partial charge in [-0.2, -0.15) is 0 Å². The van der Waals surface area contributed by atoms with Crippen molar-refractivity contribution in [2.75, 3.05) is 11.9 Å². The van der Waals surface area contributed by atoms with Gasteiger partial charge in [-0.3, -0.25) is 0 Å². The Labute approximate surface area is 88.9 Å². The number of aryl methyl sites for hydroxylation is 1. The summed E-state index contributed by atoms with van der Waals surface area (Å²) in [5, 5.41) is 3.60. The quantitative estimate of drug-likeness (QED) is 0.781. The lowest BCUT2D eigenvalue weighted by Crippen LogP contribution is -2.06. The minimum Gasteiger partial charge on any atom is -0.370 e. The number of hydrogen-bond donors (Lipinski definition) is 1. The maximum Gasteiger partial charge on any atom is 0.224 e. The molecule has 1 aliphatic rings. The SMILES string of the molecule is Cc1cc(NCC2CC2C)nc(Cl)n1. The molecule has 2 unspecified atom stereocenters. The molecule has 0 saturated heterocycles. The number of anilines is 1. The Kier molecular flexibility index (Phi) is 2.59. The van der Waals surface area contributed by atoms with Gasteiger partial charge in [-0.05, 0) is 36.8 Å². The van der Waals surface area contributed by atoms with Gasteiger partial charge in [0.05, 0.1) is 0 Å². The molecule has 0 radical (unpaired) electrons. The van der Waals surface area contributed by atoms with Crippen LogP contribution in [-0.4, -0.2) is 16.5 Å². The van der Waals surface area contributed by atoms with E-state index >= 15 is 0 Å². The number of aromatic nitrogens is 2. The molecule has 14 heavy (non-hydrogen) atoms. The lowest BCUT2D eigenvalue weighted by molar-refractivity contribution is 0.783. The van der Waals surface area contributed by atoms with Gasteiger partial charge in [0.1, 0.15) is 5.82 Å². The molecule has 4 heteroatoms. The largest absolute Gasteiger partial charge is 0.370 e. The van der Waals surface area contributed by atoms with Gasteiger partial charge in [-0.25, -0.2) is 9.97 Å². The summed E-state index contributed by atoms with van der Waals surface area (Å²) in [6.45, 7) is 5.18. The van der Waals surface area contributed by atoms with Crippen LogP contribution in [0.5, 0.6) is 0 Å². The fraction of sp³-hybridized carbons (Fsp3) is 0.600. The van der Waals surface area contributed by atoms with Crippen LogP contribution in [0.25, 0.3) is 0 Å². The zero-order chi connectivity index (χ0) is 10.1. The topological polar surface area (TPSA) is 37.8 Å². The second-order valence-electron chi connectivity index (χ2n) is 4.02. The van der Waals surface area contributed by atoms with Crippen molar-refractivity contribution in [1.29, 1.82) is 0 Å². The first-order chi connectivity index (χ1) is 6.65. The van der Waals surface area contributed by atoms with Crippen LogP contribution < -0.4 is 5.32 Å². The Morgan fingerprint density at radius 3 is 2.86 bits per heavy atom. The molecule has 2 rings (SSSR count). The lowest BCUT2D eigenvalue weighted by atomic mass is 10.3. The molecule has 0 spiro atoms. The van der Waals surface area contributed by atoms with Crippen LogP contribution in [0.4, 0.5) is 5.82 Å². The Morgan fingerprint density at radius 1 is 1.57 bits per heavy atom. The molecule has 1 heterocycles. The van der Waals surface area contributed by atoms with E-state index < -0.39 is 0 Å². The molecule has 0 aliphatic heterocycles. The predicted octanol–water partition coefficient (Wildman–Crippen LogP) is 2.51. The maximum absolute atomic E-state index is 5.75. The van der Waals surface area contributed by atoms with Gasteiger partial charge in [-0.15, -0.1) is 0 Å². The monoisotopic (exact) mass is 211 g/mol. The standard InChI is InChI=1S/C10H14ClN3/c1-6-3-8(6)5-12-9-4-7(2)13-10(11)14-9/h4,6,8H,3,5H2,1-2H3,(H,12,13,14). The first kappa shape index (κ1) is 9.71. The molecular formula is C10H14ClN3. The predicted molar refractivity (Wildman–Crippen MR) is 57.5 cm³/mol. The van der Waals surface area contributed by atoms with Gasteiger partial charge in [0, 0.05) is 18.3 Å². The van der Waals surface area contributed by atoms with Gasteiger partial charge in [0.25, 0.3) is 0 Å². The third kappa shape index (κ3) is 2.35. The molecule has 1 saturated carbocycles. The summed E-state index contributed by atoms with van der Waals surface area (Å²) < 4.78 is 0. The number of halogens is 1. The fourth-order valence-corrected chi connectivity index (χ4v) is 1.77. The van der Waals surface area contributed by atoms with E-state index in [0.717, 1.165) is 29.9 Å². The van der Waals surface area contributed by atoms with Crippen LogP contribution in [-0.2, 0) is 0 Å². The molecule has 1 aliphatic carbocycles. The van der Waals surface area contributed by atoms with E-state index in [1.54, 1.807) is 0 Å². The Morgan fingerprint density at radius 2 is 2.29 bits per heavy atom. The van der Waals surface area contributed by atoms with Gasteiger partial charge in [-0.1, -0.05) is 6.92 Å². The van der Waals surface area contributed by atoms with Crippen LogP contribution in [0.2, 0.25) is 5.28 Å². The van der Waals surface area contributed by atoms with Crippen molar-refractivity contribution in [2.45, 2.75) is 20.3 Å². The Balaban J connectivity index is 1.95. The van der Waals surface area contributed by atoms with Crippen LogP contribution >= 0.6 is 11.6 Å². The van der Waals surface area contributed by atoms with Crippen molar-refractivity contribution in [1.82, 2.24) is 9.97 Å². The molecule has 3 nitrogen and oxygen atoms in total. The fourth-order valence-electron chi connectivity index (χ4n) is 1.54. The van der Waals surface area contributed by atoms with Crippen molar-refractivity contribution < 1.29 is 0 Å². The summed E-state index contributed by atoms with van der Waals surface area (Å²) in [6.07, 6.45) is 1.32. The second-order valence-corrected chi connectivity index (χ2v) is 4.36. The molecule has 1 N–H and O–H groups in total. The lowest BCUT2D eigenvalue weighted by Gasteiger charge is -2.05. The summed E-state index contributed by atoms with van der Waals surface area (Å²) in [7, 11) is 0. The highest BCUT2D eigenvalue weighted by Crippen LogP contribution is 2.37. The highest BCUT2D eigenvalue weighted by molar-refractivity contribution is 6.28. The van der Waals surface area contributed by atoms with Gasteiger partial charge in [0.2, 0.25) is 5.28 Å². The van der Waals surface area contributed by atoms with Crippen LogP contribution in [0, 0.1) is 18.8 Å². The summed E-state index contributed by atoms with van der Waals surface area (Å²) in [4.78, 5) is 8.11. The maximum atomic E-state index is 5.75. The molecule has 1 aromatic heterocycles. The summed E-state index contributed by atoms with van der Waals surface area (Å²) in [5.41, 5.74) is 0.899. The zero-order valence-corrected chi connectivity index (χ0v) is 9.17. The van der Waals surface area contributed by atoms with E-state index in [1.807, 2.05) is 13.0 Å². The zero-order valence-electron chi connectivity index (χ0n) is 8.42. The first-order valence-electron chi connectivity index (χ1n) is 4.90. The van der Waals surface area contributed by atoms with E-state index in [0.29, 0.717) is 5.28 Å². The highest BCUT2D eigenvalue weighted by atomic mass is 35.5. The summed E-state index contributed by atoms with van der Waals surface area (Å²) >= 11 is 5.75. The summed E-state index contributed by atoms with van der Waals surface area (Å²) in [5.74, 6) is 2.51. The first-order valence-corrected chi connectivity index (χ1v) is 5.28. The van der Waals surface area contributed by atoms with Crippen molar-refractivity contribution in [3.05, 3.63) is 17.0 Å². The minimum atomic E-state index is 0.316. The van der Waals surface area contributed by atoms with Crippen molar-refractivity contribution in [2.24, 2.45) is 11.8 Å². The van der Waals surface area contributed by atoms with E-state index in [4.69, 9.17) is 11.6 Å². The average Bonchev–Trinajstić information content (AvgIpc) is 2.77. The Hall–Kier alpha value is -0.830. The molecule has 0 aromatic carbocycles. The number of hydrogen-bond acceptors (Lipinski definition) is 3. The van der Waals surface area contributed by atoms with E-state index in [1.165, 1.54) is 6.42 Å². The number of nitrogens with zero attached hydrogens (tertiary/aromatic N) is 2. The molecule has 1 aromatic rings. The van der Waals surface area contributed by atoms with Crippen molar-refractivity contribution in [3.8, 4) is 0 Å². The average molecular weight is 212 g/mol. The van der Waals surface area contributed by atoms with Gasteiger partial charge < -0.3 is 5.32 Å². The summed E-state index contributed by atoms with van der Waals surface area (Å²) in [6, 6.07) is 1.92. The number of rotatable bonds is 3. The van der Waals surface area contributed by atoms with Gasteiger partial charge in [0.15, 0.2) is 0 Å².